The van der Waals surface area contributed by atoms with Gasteiger partial charge in [-0.15, -0.1) is 5.10 Å². The van der Waals surface area contributed by atoms with Gasteiger partial charge in [-0.1, -0.05) is 12.1 Å². The molecule has 2 aliphatic rings. The highest BCUT2D eigenvalue weighted by Crippen LogP contribution is 2.41. The van der Waals surface area contributed by atoms with Gasteiger partial charge < -0.3 is 9.64 Å². The summed E-state index contributed by atoms with van der Waals surface area (Å²) < 4.78 is 7.30. The molecule has 1 N–H and O–H groups in total. The molecule has 1 atom stereocenters. The standard InChI is InChI=1S/C21H25N5O2/c1-12-8-16(15-4-5-15)9-13(2)18(12)26-10-17-19(24-26)22-21(23-20(17)27)25-6-7-28-11-14(25)3/h8-10,14-15H,4-7,11H2,1-3H3,(H,22,23,24,27). The topological polar surface area (TPSA) is 76.0 Å². The van der Waals surface area contributed by atoms with Crippen molar-refractivity contribution in [2.45, 2.75) is 45.6 Å². The molecule has 1 aliphatic carbocycles. The minimum Gasteiger partial charge on any atom is -0.377 e. The second-order valence-electron chi connectivity index (χ2n) is 8.10. The predicted molar refractivity (Wildman–Crippen MR) is 109 cm³/mol. The Labute approximate surface area is 163 Å². The molecule has 146 valence electrons. The molecule has 0 amide bonds. The Morgan fingerprint density at radius 2 is 1.96 bits per heavy atom. The summed E-state index contributed by atoms with van der Waals surface area (Å²) in [5, 5.41) is 5.17. The summed E-state index contributed by atoms with van der Waals surface area (Å²) in [6.07, 6.45) is 4.36. The van der Waals surface area contributed by atoms with Crippen LogP contribution in [0.5, 0.6) is 0 Å². The molecule has 0 radical (unpaired) electrons. The third-order valence-electron chi connectivity index (χ3n) is 5.81. The number of H-pyrrole nitrogens is 1. The summed E-state index contributed by atoms with van der Waals surface area (Å²) in [4.78, 5) is 22.4. The van der Waals surface area contributed by atoms with Gasteiger partial charge in [-0.05, 0) is 56.2 Å². The van der Waals surface area contributed by atoms with Crippen LogP contribution in [0.25, 0.3) is 16.7 Å². The first-order valence-corrected chi connectivity index (χ1v) is 9.97. The largest absolute Gasteiger partial charge is 0.377 e. The summed E-state index contributed by atoms with van der Waals surface area (Å²) in [6.45, 7) is 8.25. The van der Waals surface area contributed by atoms with E-state index in [1.54, 1.807) is 10.9 Å². The molecule has 3 aromatic rings. The number of benzene rings is 1. The second-order valence-corrected chi connectivity index (χ2v) is 8.10. The van der Waals surface area contributed by atoms with Gasteiger partial charge >= 0.3 is 0 Å². The Balaban J connectivity index is 1.59. The van der Waals surface area contributed by atoms with Crippen molar-refractivity contribution >= 4 is 17.0 Å². The van der Waals surface area contributed by atoms with E-state index in [0.717, 1.165) is 5.69 Å². The first-order chi connectivity index (χ1) is 13.5. The van der Waals surface area contributed by atoms with Crippen LogP contribution in [0.2, 0.25) is 0 Å². The number of fused-ring (bicyclic) bond motifs is 1. The molecule has 3 heterocycles. The summed E-state index contributed by atoms with van der Waals surface area (Å²) in [5.74, 6) is 1.28. The molecular formula is C21H25N5O2. The Morgan fingerprint density at radius 3 is 2.64 bits per heavy atom. The lowest BCUT2D eigenvalue weighted by molar-refractivity contribution is 0.0981. The Morgan fingerprint density at radius 1 is 1.21 bits per heavy atom. The number of anilines is 1. The summed E-state index contributed by atoms with van der Waals surface area (Å²) in [5.41, 5.74) is 5.11. The molecule has 1 saturated carbocycles. The zero-order valence-corrected chi connectivity index (χ0v) is 16.5. The van der Waals surface area contributed by atoms with Crippen molar-refractivity contribution in [3.8, 4) is 5.69 Å². The zero-order chi connectivity index (χ0) is 19.4. The van der Waals surface area contributed by atoms with Crippen molar-refractivity contribution in [1.29, 1.82) is 0 Å². The number of aromatic amines is 1. The quantitative estimate of drug-likeness (QED) is 0.757. The SMILES string of the molecule is Cc1cc(C2CC2)cc(C)c1-n1cc2c(=O)[nH]c(N3CCOCC3C)nc2n1. The minimum atomic E-state index is -0.158. The lowest BCUT2D eigenvalue weighted by atomic mass is 10.0. The van der Waals surface area contributed by atoms with E-state index in [4.69, 9.17) is 4.74 Å². The number of aryl methyl sites for hydroxylation is 2. The van der Waals surface area contributed by atoms with E-state index in [9.17, 15) is 4.79 Å². The normalized spacial score (nSPS) is 20.1. The minimum absolute atomic E-state index is 0.158. The molecule has 7 nitrogen and oxygen atoms in total. The molecule has 2 aromatic heterocycles. The van der Waals surface area contributed by atoms with E-state index in [-0.39, 0.29) is 11.6 Å². The molecule has 0 spiro atoms. The molecule has 5 rings (SSSR count). The Bertz CT molecular complexity index is 1090. The molecular weight excluding hydrogens is 354 g/mol. The molecule has 1 aromatic carbocycles. The van der Waals surface area contributed by atoms with Gasteiger partial charge in [0, 0.05) is 12.7 Å². The molecule has 0 bridgehead atoms. The van der Waals surface area contributed by atoms with Crippen molar-refractivity contribution in [2.24, 2.45) is 0 Å². The van der Waals surface area contributed by atoms with Gasteiger partial charge in [0.1, 0.15) is 5.39 Å². The summed E-state index contributed by atoms with van der Waals surface area (Å²) >= 11 is 0. The van der Waals surface area contributed by atoms with Crippen molar-refractivity contribution in [3.05, 3.63) is 45.4 Å². The molecule has 28 heavy (non-hydrogen) atoms. The molecule has 1 aliphatic heterocycles. The van der Waals surface area contributed by atoms with E-state index in [2.05, 4.69) is 52.9 Å². The van der Waals surface area contributed by atoms with Gasteiger partial charge in [0.05, 0.1) is 24.9 Å². The highest BCUT2D eigenvalue weighted by atomic mass is 16.5. The van der Waals surface area contributed by atoms with Crippen molar-refractivity contribution < 1.29 is 4.74 Å². The molecule has 1 saturated heterocycles. The van der Waals surface area contributed by atoms with Crippen LogP contribution < -0.4 is 10.5 Å². The van der Waals surface area contributed by atoms with Crippen LogP contribution in [0.1, 0.15) is 42.4 Å². The maximum atomic E-state index is 12.7. The van der Waals surface area contributed by atoms with Crippen LogP contribution in [0.4, 0.5) is 5.95 Å². The maximum absolute atomic E-state index is 12.7. The Hall–Kier alpha value is -2.67. The van der Waals surface area contributed by atoms with Crippen LogP contribution in [0.15, 0.2) is 23.1 Å². The fourth-order valence-corrected chi connectivity index (χ4v) is 4.20. The number of hydrogen-bond donors (Lipinski definition) is 1. The van der Waals surface area contributed by atoms with Gasteiger partial charge in [-0.2, -0.15) is 4.98 Å². The average molecular weight is 379 g/mol. The predicted octanol–water partition coefficient (Wildman–Crippen LogP) is 2.83. The van der Waals surface area contributed by atoms with E-state index in [1.807, 2.05) is 0 Å². The van der Waals surface area contributed by atoms with Gasteiger partial charge in [-0.3, -0.25) is 9.78 Å². The monoisotopic (exact) mass is 379 g/mol. The fourth-order valence-electron chi connectivity index (χ4n) is 4.20. The van der Waals surface area contributed by atoms with Gasteiger partial charge in [-0.25, -0.2) is 4.68 Å². The number of hydrogen-bond acceptors (Lipinski definition) is 5. The third-order valence-corrected chi connectivity index (χ3v) is 5.81. The lowest BCUT2D eigenvalue weighted by Crippen LogP contribution is -2.45. The van der Waals surface area contributed by atoms with Crippen molar-refractivity contribution in [2.75, 3.05) is 24.7 Å². The molecule has 2 fully saturated rings. The number of rotatable bonds is 3. The lowest BCUT2D eigenvalue weighted by Gasteiger charge is -2.33. The zero-order valence-electron chi connectivity index (χ0n) is 16.5. The van der Waals surface area contributed by atoms with E-state index in [0.29, 0.717) is 42.7 Å². The van der Waals surface area contributed by atoms with Gasteiger partial charge in [0.15, 0.2) is 5.65 Å². The van der Waals surface area contributed by atoms with Crippen LogP contribution in [0, 0.1) is 13.8 Å². The van der Waals surface area contributed by atoms with E-state index < -0.39 is 0 Å². The number of aromatic nitrogens is 4. The van der Waals surface area contributed by atoms with Crippen molar-refractivity contribution in [3.63, 3.8) is 0 Å². The summed E-state index contributed by atoms with van der Waals surface area (Å²) in [7, 11) is 0. The van der Waals surface area contributed by atoms with Crippen LogP contribution in [0.3, 0.4) is 0 Å². The van der Waals surface area contributed by atoms with Crippen molar-refractivity contribution in [1.82, 2.24) is 19.7 Å². The van der Waals surface area contributed by atoms with Crippen LogP contribution >= 0.6 is 0 Å². The van der Waals surface area contributed by atoms with Crippen LogP contribution in [-0.4, -0.2) is 45.5 Å². The smallest absolute Gasteiger partial charge is 0.263 e. The van der Waals surface area contributed by atoms with E-state index in [1.165, 1.54) is 29.5 Å². The number of ether oxygens (including phenoxy) is 1. The first-order valence-electron chi connectivity index (χ1n) is 9.97. The van der Waals surface area contributed by atoms with Gasteiger partial charge in [0.2, 0.25) is 5.95 Å². The van der Waals surface area contributed by atoms with Crippen LogP contribution in [-0.2, 0) is 4.74 Å². The first kappa shape index (κ1) is 17.4. The Kier molecular flexibility index (Phi) is 4.01. The maximum Gasteiger partial charge on any atom is 0.263 e. The number of nitrogens with zero attached hydrogens (tertiary/aromatic N) is 4. The molecule has 7 heteroatoms. The van der Waals surface area contributed by atoms with Gasteiger partial charge in [0.25, 0.3) is 5.56 Å². The summed E-state index contributed by atoms with van der Waals surface area (Å²) in [6, 6.07) is 4.67. The second kappa shape index (κ2) is 6.44. The highest BCUT2D eigenvalue weighted by Gasteiger charge is 2.25. The fraction of sp³-hybridized carbons (Fsp3) is 0.476. The number of morpholine rings is 1. The van der Waals surface area contributed by atoms with E-state index >= 15 is 0 Å². The average Bonchev–Trinajstić information content (AvgIpc) is 3.42. The third kappa shape index (κ3) is 2.90. The highest BCUT2D eigenvalue weighted by molar-refractivity contribution is 5.75. The number of nitrogens with one attached hydrogen (secondary N) is 1. The molecule has 1 unspecified atom stereocenters.